The molecule has 0 heterocycles. The molecule has 0 radical (unpaired) electrons. The van der Waals surface area contributed by atoms with Crippen LogP contribution in [0.15, 0.2) is 64.6 Å². The van der Waals surface area contributed by atoms with Gasteiger partial charge in [-0.15, -0.1) is 0 Å². The number of carbonyl (C=O) groups is 7. The molecule has 0 fully saturated rings. The molecule has 7 amide bonds. The van der Waals surface area contributed by atoms with Crippen molar-refractivity contribution in [1.82, 2.24) is 31.9 Å². The Hall–Kier alpha value is -7.01. The van der Waals surface area contributed by atoms with Gasteiger partial charge >= 0.3 is 0 Å². The molecular weight excluding hydrogens is 879 g/mol. The summed E-state index contributed by atoms with van der Waals surface area (Å²) in [5.41, 5.74) is 40.7. The van der Waals surface area contributed by atoms with Crippen molar-refractivity contribution in [2.75, 3.05) is 19.6 Å². The molecule has 0 saturated heterocycles. The summed E-state index contributed by atoms with van der Waals surface area (Å²) in [5, 5.41) is 25.9. The molecule has 7 atom stereocenters. The van der Waals surface area contributed by atoms with E-state index in [-0.39, 0.29) is 88.2 Å². The minimum absolute atomic E-state index is 0.00632. The predicted molar refractivity (Wildman–Crippen MR) is 259 cm³/mol. The molecule has 0 unspecified atom stereocenters. The maximum absolute atomic E-state index is 14.2. The number of rotatable bonds is 31. The summed E-state index contributed by atoms with van der Waals surface area (Å²) in [4.78, 5) is 103. The number of primary amides is 1. The lowest BCUT2D eigenvalue weighted by atomic mass is 10.0. The maximum atomic E-state index is 14.2. The zero-order chi connectivity index (χ0) is 50.8. The minimum Gasteiger partial charge on any atom is -0.508 e. The van der Waals surface area contributed by atoms with Gasteiger partial charge in [-0.05, 0) is 74.1 Å². The summed E-state index contributed by atoms with van der Waals surface area (Å²) in [6.45, 7) is 5.63. The predicted octanol–water partition coefficient (Wildman–Crippen LogP) is -2.80. The van der Waals surface area contributed by atoms with Crippen LogP contribution in [0.3, 0.4) is 0 Å². The van der Waals surface area contributed by atoms with Crippen molar-refractivity contribution >= 4 is 53.3 Å². The first kappa shape index (κ1) is 57.1. The van der Waals surface area contributed by atoms with Gasteiger partial charge in [-0.1, -0.05) is 69.7 Å². The Bertz CT molecular complexity index is 1990. The average molecular weight is 952 g/mol. The van der Waals surface area contributed by atoms with Gasteiger partial charge < -0.3 is 77.1 Å². The fourth-order valence-corrected chi connectivity index (χ4v) is 6.77. The Morgan fingerprint density at radius 1 is 0.529 bits per heavy atom. The Kier molecular flexibility index (Phi) is 25.5. The largest absolute Gasteiger partial charge is 0.508 e. The Balaban J connectivity index is 2.41. The van der Waals surface area contributed by atoms with Gasteiger partial charge in [-0.3, -0.25) is 43.5 Å². The summed E-state index contributed by atoms with van der Waals surface area (Å²) in [5.74, 6) is -5.34. The van der Waals surface area contributed by atoms with Crippen molar-refractivity contribution in [3.8, 4) is 5.75 Å². The van der Waals surface area contributed by atoms with E-state index in [1.807, 2.05) is 13.8 Å². The van der Waals surface area contributed by atoms with Gasteiger partial charge in [0.15, 0.2) is 11.9 Å². The molecule has 0 aliphatic rings. The number of guanidine groups is 2. The smallest absolute Gasteiger partial charge is 0.244 e. The van der Waals surface area contributed by atoms with Crippen LogP contribution in [0.5, 0.6) is 5.75 Å². The fraction of sp³-hybridized carbons (Fsp3) is 0.533. The quantitative estimate of drug-likeness (QED) is 0.0206. The second-order valence-corrected chi connectivity index (χ2v) is 16.8. The van der Waals surface area contributed by atoms with Crippen LogP contribution in [-0.2, 0) is 46.4 Å². The lowest BCUT2D eigenvalue weighted by Gasteiger charge is -2.27. The van der Waals surface area contributed by atoms with Crippen molar-refractivity contribution in [3.63, 3.8) is 0 Å². The van der Waals surface area contributed by atoms with Crippen LogP contribution in [0.25, 0.3) is 0 Å². The number of phenolic OH excluding ortho intramolecular Hbond substituents is 1. The van der Waals surface area contributed by atoms with E-state index >= 15 is 0 Å². The second kappa shape index (κ2) is 30.3. The third kappa shape index (κ3) is 22.0. The normalized spacial score (nSPS) is 14.0. The molecule has 2 aromatic rings. The number of nitrogens with zero attached hydrogens (tertiary/aromatic N) is 2. The highest BCUT2D eigenvalue weighted by molar-refractivity contribution is 5.97. The number of hydrogen-bond donors (Lipinski definition) is 14. The van der Waals surface area contributed by atoms with Crippen LogP contribution < -0.4 is 72.0 Å². The number of aliphatic imine (C=N–C) groups is 2. The van der Waals surface area contributed by atoms with Gasteiger partial charge in [0, 0.05) is 32.5 Å². The first-order chi connectivity index (χ1) is 32.2. The number of amides is 7. The van der Waals surface area contributed by atoms with Gasteiger partial charge in [0.25, 0.3) is 0 Å². The van der Waals surface area contributed by atoms with Crippen molar-refractivity contribution in [2.45, 2.75) is 127 Å². The molecule has 2 rings (SSSR count). The van der Waals surface area contributed by atoms with Crippen LogP contribution in [0, 0.1) is 5.92 Å². The van der Waals surface area contributed by atoms with E-state index in [0.29, 0.717) is 30.4 Å². The molecule has 0 aliphatic heterocycles. The van der Waals surface area contributed by atoms with E-state index in [1.54, 1.807) is 37.3 Å². The van der Waals surface area contributed by atoms with Crippen molar-refractivity contribution in [2.24, 2.45) is 56.0 Å². The number of carbonyl (C=O) groups excluding carboxylic acids is 7. The molecule has 23 heteroatoms. The highest BCUT2D eigenvalue weighted by Gasteiger charge is 2.33. The maximum Gasteiger partial charge on any atom is 0.244 e. The molecule has 0 bridgehead atoms. The topological polar surface area (TPSA) is 419 Å². The Morgan fingerprint density at radius 3 is 1.44 bits per heavy atom. The third-order valence-electron chi connectivity index (χ3n) is 10.6. The summed E-state index contributed by atoms with van der Waals surface area (Å²) >= 11 is 0. The second-order valence-electron chi connectivity index (χ2n) is 16.8. The molecule has 2 aromatic carbocycles. The van der Waals surface area contributed by atoms with E-state index in [1.165, 1.54) is 24.3 Å². The van der Waals surface area contributed by atoms with E-state index in [0.717, 1.165) is 0 Å². The molecule has 0 spiro atoms. The lowest BCUT2D eigenvalue weighted by molar-refractivity contribution is -0.135. The number of hydrogen-bond acceptors (Lipinski definition) is 12. The van der Waals surface area contributed by atoms with Gasteiger partial charge in [0.1, 0.15) is 42.0 Å². The number of phenols is 1. The summed E-state index contributed by atoms with van der Waals surface area (Å²) in [7, 11) is 0. The van der Waals surface area contributed by atoms with E-state index in [2.05, 4.69) is 41.9 Å². The number of aromatic hydroxyl groups is 1. The average Bonchev–Trinajstić information content (AvgIpc) is 3.28. The lowest BCUT2D eigenvalue weighted by Crippen LogP contribution is -2.61. The molecule has 376 valence electrons. The van der Waals surface area contributed by atoms with Crippen molar-refractivity contribution in [3.05, 3.63) is 65.7 Å². The van der Waals surface area contributed by atoms with Gasteiger partial charge in [0.2, 0.25) is 41.4 Å². The molecule has 21 N–H and O–H groups in total. The minimum atomic E-state index is -1.35. The summed E-state index contributed by atoms with van der Waals surface area (Å²) in [6, 6.07) is 6.28. The number of nitrogens with two attached hydrogens (primary N) is 7. The van der Waals surface area contributed by atoms with Crippen LogP contribution >= 0.6 is 0 Å². The van der Waals surface area contributed by atoms with E-state index < -0.39 is 83.6 Å². The van der Waals surface area contributed by atoms with Crippen LogP contribution in [0.4, 0.5) is 0 Å². The Labute approximate surface area is 397 Å². The summed E-state index contributed by atoms with van der Waals surface area (Å²) in [6.07, 6.45) is 2.02. The summed E-state index contributed by atoms with van der Waals surface area (Å²) < 4.78 is 0. The van der Waals surface area contributed by atoms with Crippen LogP contribution in [-0.4, -0.2) is 120 Å². The highest BCUT2D eigenvalue weighted by Crippen LogP contribution is 2.14. The van der Waals surface area contributed by atoms with Crippen molar-refractivity contribution in [1.29, 1.82) is 0 Å². The van der Waals surface area contributed by atoms with E-state index in [9.17, 15) is 38.7 Å². The van der Waals surface area contributed by atoms with Gasteiger partial charge in [-0.2, -0.15) is 0 Å². The zero-order valence-corrected chi connectivity index (χ0v) is 39.2. The first-order valence-electron chi connectivity index (χ1n) is 22.7. The van der Waals surface area contributed by atoms with Gasteiger partial charge in [-0.25, -0.2) is 0 Å². The standard InChI is InChI=1S/C45H73N15O8/c1-4-10-32(39(64)59-35(24-28-16-18-29(61)19-17-28)42(67)60-36(25-46)43(68)55-31(37(48)62)20-15-26(2)3)56-40(65)33(14-9-22-54-45(51)52)57-41(66)34(23-27-11-6-5-7-12-27)58-38(63)30(47)13-8-21-53-44(49)50/h5-7,11-12,16-19,26,30-36,61H,4,8-10,13-15,20-25,46-47H2,1-3H3,(H2,48,62)(H,55,68)(H,56,65)(H,57,66)(H,58,63)(H,59,64)(H,60,67)(H4,49,50,53)(H4,51,52,54)/t30-,31-,32-,33-,34-,35-,36-/m0/s1. The molecule has 0 aliphatic carbocycles. The molecule has 0 saturated carbocycles. The first-order valence-corrected chi connectivity index (χ1v) is 22.7. The fourth-order valence-electron chi connectivity index (χ4n) is 6.77. The molecule has 23 nitrogen and oxygen atoms in total. The molecule has 68 heavy (non-hydrogen) atoms. The molecule has 0 aromatic heterocycles. The monoisotopic (exact) mass is 952 g/mol. The highest BCUT2D eigenvalue weighted by atomic mass is 16.3. The van der Waals surface area contributed by atoms with Crippen molar-refractivity contribution < 1.29 is 38.7 Å². The molecular formula is C45H73N15O8. The Morgan fingerprint density at radius 2 is 0.956 bits per heavy atom. The zero-order valence-electron chi connectivity index (χ0n) is 39.2. The van der Waals surface area contributed by atoms with Crippen LogP contribution in [0.1, 0.15) is 83.3 Å². The third-order valence-corrected chi connectivity index (χ3v) is 10.6. The van der Waals surface area contributed by atoms with E-state index in [4.69, 9.17) is 40.1 Å². The van der Waals surface area contributed by atoms with Crippen LogP contribution in [0.2, 0.25) is 0 Å². The number of nitrogens with one attached hydrogen (secondary N) is 6. The number of benzene rings is 2. The SMILES string of the molecule is CCC[C@H](NC(=O)[C@H](CCCN=C(N)N)NC(=O)[C@H](Cc1ccccc1)NC(=O)[C@@H](N)CCCN=C(N)N)C(=O)N[C@@H](Cc1ccc(O)cc1)C(=O)N[C@@H](CN)C(=O)N[C@@H](CCC(C)C)C(N)=O. The van der Waals surface area contributed by atoms with Gasteiger partial charge in [0.05, 0.1) is 6.04 Å².